The molecule has 1 rings (SSSR count). The van der Waals surface area contributed by atoms with Gasteiger partial charge in [-0.25, -0.2) is 0 Å². The highest BCUT2D eigenvalue weighted by molar-refractivity contribution is 4.91. The zero-order valence-corrected chi connectivity index (χ0v) is 6.57. The van der Waals surface area contributed by atoms with E-state index in [1.54, 1.807) is 0 Å². The van der Waals surface area contributed by atoms with E-state index in [0.717, 1.165) is 18.5 Å². The molecule has 10 heavy (non-hydrogen) atoms. The molecule has 0 aliphatic heterocycles. The maximum absolute atomic E-state index is 11.6. The van der Waals surface area contributed by atoms with Crippen molar-refractivity contribution in [1.29, 1.82) is 0 Å². The van der Waals surface area contributed by atoms with Gasteiger partial charge < -0.3 is 5.32 Å². The molecule has 1 fully saturated rings. The van der Waals surface area contributed by atoms with Gasteiger partial charge in [-0.05, 0) is 25.3 Å². The van der Waals surface area contributed by atoms with Crippen LogP contribution in [0.25, 0.3) is 0 Å². The first-order valence-electron chi connectivity index (χ1n) is 4.17. The number of halogens is 1. The van der Waals surface area contributed by atoms with Crippen LogP contribution in [0.1, 0.15) is 26.2 Å². The van der Waals surface area contributed by atoms with Crippen LogP contribution < -0.4 is 5.32 Å². The van der Waals surface area contributed by atoms with Gasteiger partial charge in [0.25, 0.3) is 0 Å². The molecule has 0 bridgehead atoms. The molecule has 1 aliphatic rings. The fraction of sp³-hybridized carbons (Fsp3) is 1.00. The quantitative estimate of drug-likeness (QED) is 0.581. The van der Waals surface area contributed by atoms with Gasteiger partial charge >= 0.3 is 0 Å². The monoisotopic (exact) mass is 145 g/mol. The van der Waals surface area contributed by atoms with Gasteiger partial charge in [0.15, 0.2) is 0 Å². The first-order chi connectivity index (χ1) is 4.88. The van der Waals surface area contributed by atoms with Crippen LogP contribution in [0.3, 0.4) is 0 Å². The topological polar surface area (TPSA) is 12.0 Å². The SMILES string of the molecule is CCC1CC1NCCCF. The summed E-state index contributed by atoms with van der Waals surface area (Å²) in [6, 6.07) is 0.719. The van der Waals surface area contributed by atoms with Crippen LogP contribution in [0.15, 0.2) is 0 Å². The predicted molar refractivity (Wildman–Crippen MR) is 40.8 cm³/mol. The first-order valence-corrected chi connectivity index (χ1v) is 4.17. The molecule has 0 spiro atoms. The van der Waals surface area contributed by atoms with E-state index in [2.05, 4.69) is 12.2 Å². The maximum atomic E-state index is 11.6. The molecule has 1 saturated carbocycles. The minimum absolute atomic E-state index is 0.184. The van der Waals surface area contributed by atoms with Gasteiger partial charge in [0, 0.05) is 6.04 Å². The molecule has 0 radical (unpaired) electrons. The third-order valence-corrected chi connectivity index (χ3v) is 2.16. The van der Waals surface area contributed by atoms with Crippen molar-refractivity contribution in [3.8, 4) is 0 Å². The fourth-order valence-corrected chi connectivity index (χ4v) is 1.30. The number of rotatable bonds is 5. The Bertz CT molecular complexity index is 95.3. The van der Waals surface area contributed by atoms with E-state index in [0.29, 0.717) is 6.42 Å². The summed E-state index contributed by atoms with van der Waals surface area (Å²) >= 11 is 0. The summed E-state index contributed by atoms with van der Waals surface area (Å²) < 4.78 is 11.6. The Hall–Kier alpha value is -0.110. The van der Waals surface area contributed by atoms with Crippen molar-refractivity contribution in [2.45, 2.75) is 32.2 Å². The largest absolute Gasteiger partial charge is 0.314 e. The van der Waals surface area contributed by atoms with Crippen LogP contribution in [0, 0.1) is 5.92 Å². The first kappa shape index (κ1) is 7.99. The molecule has 0 amide bonds. The lowest BCUT2D eigenvalue weighted by Crippen LogP contribution is -2.19. The lowest BCUT2D eigenvalue weighted by atomic mass is 10.3. The summed E-state index contributed by atoms with van der Waals surface area (Å²) in [5, 5.41) is 3.32. The third-order valence-electron chi connectivity index (χ3n) is 2.16. The molecule has 2 heteroatoms. The van der Waals surface area contributed by atoms with Crippen LogP contribution in [0.2, 0.25) is 0 Å². The van der Waals surface area contributed by atoms with Gasteiger partial charge in [-0.3, -0.25) is 4.39 Å². The van der Waals surface area contributed by atoms with Gasteiger partial charge in [0.05, 0.1) is 6.67 Å². The highest BCUT2D eigenvalue weighted by Gasteiger charge is 2.34. The van der Waals surface area contributed by atoms with Crippen molar-refractivity contribution in [2.24, 2.45) is 5.92 Å². The summed E-state index contributed by atoms with van der Waals surface area (Å²) in [4.78, 5) is 0. The molecule has 1 nitrogen and oxygen atoms in total. The molecule has 0 aromatic rings. The van der Waals surface area contributed by atoms with Crippen LogP contribution in [0.5, 0.6) is 0 Å². The van der Waals surface area contributed by atoms with E-state index >= 15 is 0 Å². The Morgan fingerprint density at radius 2 is 2.40 bits per heavy atom. The predicted octanol–water partition coefficient (Wildman–Crippen LogP) is 1.73. The molecule has 0 saturated heterocycles. The van der Waals surface area contributed by atoms with Crippen molar-refractivity contribution < 1.29 is 4.39 Å². The molecule has 60 valence electrons. The van der Waals surface area contributed by atoms with Gasteiger partial charge in [0.2, 0.25) is 0 Å². The Morgan fingerprint density at radius 1 is 1.60 bits per heavy atom. The Morgan fingerprint density at radius 3 is 2.90 bits per heavy atom. The summed E-state index contributed by atoms with van der Waals surface area (Å²) in [6.45, 7) is 2.88. The molecule has 2 atom stereocenters. The second-order valence-electron chi connectivity index (χ2n) is 3.01. The van der Waals surface area contributed by atoms with Crippen LogP contribution >= 0.6 is 0 Å². The zero-order chi connectivity index (χ0) is 7.40. The summed E-state index contributed by atoms with van der Waals surface area (Å²) in [5.74, 6) is 0.889. The molecule has 1 N–H and O–H groups in total. The molecule has 2 unspecified atom stereocenters. The van der Waals surface area contributed by atoms with E-state index < -0.39 is 0 Å². The Labute approximate surface area is 62.0 Å². The summed E-state index contributed by atoms with van der Waals surface area (Å²) in [7, 11) is 0. The normalized spacial score (nSPS) is 30.6. The van der Waals surface area contributed by atoms with Crippen molar-refractivity contribution in [1.82, 2.24) is 5.32 Å². The highest BCUT2D eigenvalue weighted by atomic mass is 19.1. The Balaban J connectivity index is 1.87. The summed E-state index contributed by atoms with van der Waals surface area (Å²) in [6.07, 6.45) is 3.25. The molecular formula is C8H16FN. The van der Waals surface area contributed by atoms with Crippen molar-refractivity contribution in [2.75, 3.05) is 13.2 Å². The molecule has 1 aliphatic carbocycles. The minimum Gasteiger partial charge on any atom is -0.314 e. The van der Waals surface area contributed by atoms with E-state index in [-0.39, 0.29) is 6.67 Å². The van der Waals surface area contributed by atoms with Crippen molar-refractivity contribution >= 4 is 0 Å². The molecule has 0 aromatic carbocycles. The van der Waals surface area contributed by atoms with E-state index in [4.69, 9.17) is 0 Å². The lowest BCUT2D eigenvalue weighted by molar-refractivity contribution is 0.455. The van der Waals surface area contributed by atoms with Crippen molar-refractivity contribution in [3.05, 3.63) is 0 Å². The molecule has 0 heterocycles. The second-order valence-corrected chi connectivity index (χ2v) is 3.01. The lowest BCUT2D eigenvalue weighted by Gasteiger charge is -1.99. The smallest absolute Gasteiger partial charge is 0.0906 e. The van der Waals surface area contributed by atoms with Gasteiger partial charge in [-0.15, -0.1) is 0 Å². The summed E-state index contributed by atoms with van der Waals surface area (Å²) in [5.41, 5.74) is 0. The number of hydrogen-bond acceptors (Lipinski definition) is 1. The molecule has 0 aromatic heterocycles. The number of hydrogen-bond donors (Lipinski definition) is 1. The Kier molecular flexibility index (Phi) is 3.13. The molecular weight excluding hydrogens is 129 g/mol. The average molecular weight is 145 g/mol. The number of nitrogens with one attached hydrogen (secondary N) is 1. The van der Waals surface area contributed by atoms with E-state index in [1.165, 1.54) is 12.8 Å². The van der Waals surface area contributed by atoms with Crippen molar-refractivity contribution in [3.63, 3.8) is 0 Å². The second kappa shape index (κ2) is 3.91. The van der Waals surface area contributed by atoms with Crippen LogP contribution in [0.4, 0.5) is 4.39 Å². The zero-order valence-electron chi connectivity index (χ0n) is 6.57. The highest BCUT2D eigenvalue weighted by Crippen LogP contribution is 2.32. The van der Waals surface area contributed by atoms with Gasteiger partial charge in [0.1, 0.15) is 0 Å². The van der Waals surface area contributed by atoms with E-state index in [9.17, 15) is 4.39 Å². The minimum atomic E-state index is -0.184. The maximum Gasteiger partial charge on any atom is 0.0906 e. The van der Waals surface area contributed by atoms with Crippen LogP contribution in [-0.4, -0.2) is 19.3 Å². The average Bonchev–Trinajstić information content (AvgIpc) is 2.68. The standard InChI is InChI=1S/C8H16FN/c1-2-7-6-8(7)10-5-3-4-9/h7-8,10H,2-6H2,1H3. The van der Waals surface area contributed by atoms with E-state index in [1.807, 2.05) is 0 Å². The van der Waals surface area contributed by atoms with Gasteiger partial charge in [-0.2, -0.15) is 0 Å². The number of alkyl halides is 1. The van der Waals surface area contributed by atoms with Crippen LogP contribution in [-0.2, 0) is 0 Å². The fourth-order valence-electron chi connectivity index (χ4n) is 1.30. The third kappa shape index (κ3) is 2.25. The van der Waals surface area contributed by atoms with Gasteiger partial charge in [-0.1, -0.05) is 13.3 Å².